The molecule has 154 valence electrons. The number of methoxy groups -OCH3 is 1. The number of nitrogens with zero attached hydrogens (tertiary/aromatic N) is 3. The molecule has 2 aromatic rings. The average molecular weight is 423 g/mol. The van der Waals surface area contributed by atoms with Gasteiger partial charge in [-0.1, -0.05) is 43.0 Å². The number of thioether (sulfide) groups is 1. The summed E-state index contributed by atoms with van der Waals surface area (Å²) < 4.78 is 5.32. The standard InChI is InChI=1S/C22H22N4O3S/c1-4-18(20(27)24-16-11-7-8-12-17(16)29-3)30-22-25-15-10-6-5-9-14(15)19-23-13(2)21(28)26(19)22/h5-13,18H,4H2,1-3H3,(H,24,27). The van der Waals surface area contributed by atoms with Crippen LogP contribution in [0, 0.1) is 0 Å². The van der Waals surface area contributed by atoms with Crippen LogP contribution in [0.15, 0.2) is 58.5 Å². The molecule has 2 unspecified atom stereocenters. The Kier molecular flexibility index (Phi) is 5.59. The van der Waals surface area contributed by atoms with Gasteiger partial charge in [0.1, 0.15) is 17.6 Å². The Hall–Kier alpha value is -3.13. The summed E-state index contributed by atoms with van der Waals surface area (Å²) in [6, 6.07) is 14.4. The highest BCUT2D eigenvalue weighted by Crippen LogP contribution is 2.35. The van der Waals surface area contributed by atoms with Gasteiger partial charge in [-0.3, -0.25) is 14.6 Å². The number of aliphatic imine (C=N–C) groups is 2. The van der Waals surface area contributed by atoms with E-state index in [1.54, 1.807) is 26.2 Å². The number of fused-ring (bicyclic) bond motifs is 3. The lowest BCUT2D eigenvalue weighted by Crippen LogP contribution is -2.42. The van der Waals surface area contributed by atoms with Crippen molar-refractivity contribution in [1.29, 1.82) is 0 Å². The largest absolute Gasteiger partial charge is 0.495 e. The van der Waals surface area contributed by atoms with Gasteiger partial charge < -0.3 is 10.1 Å². The molecule has 2 aromatic carbocycles. The van der Waals surface area contributed by atoms with Crippen LogP contribution in [0.2, 0.25) is 0 Å². The van der Waals surface area contributed by atoms with E-state index in [1.165, 1.54) is 16.7 Å². The van der Waals surface area contributed by atoms with Crippen LogP contribution in [0.3, 0.4) is 0 Å². The Morgan fingerprint density at radius 3 is 2.73 bits per heavy atom. The summed E-state index contributed by atoms with van der Waals surface area (Å²) in [6.45, 7) is 3.70. The highest BCUT2D eigenvalue weighted by atomic mass is 32.2. The summed E-state index contributed by atoms with van der Waals surface area (Å²) in [5.41, 5.74) is 2.18. The van der Waals surface area contributed by atoms with E-state index in [4.69, 9.17) is 4.74 Å². The van der Waals surface area contributed by atoms with E-state index in [9.17, 15) is 9.59 Å². The first-order chi connectivity index (χ1) is 14.5. The molecule has 1 N–H and O–H groups in total. The van der Waals surface area contributed by atoms with Gasteiger partial charge in [-0.2, -0.15) is 0 Å². The lowest BCUT2D eigenvalue weighted by atomic mass is 10.1. The fourth-order valence-electron chi connectivity index (χ4n) is 3.37. The molecule has 0 spiro atoms. The van der Waals surface area contributed by atoms with E-state index in [0.29, 0.717) is 28.9 Å². The predicted octanol–water partition coefficient (Wildman–Crippen LogP) is 3.82. The van der Waals surface area contributed by atoms with Gasteiger partial charge in [0, 0.05) is 5.56 Å². The van der Waals surface area contributed by atoms with Crippen LogP contribution in [0.1, 0.15) is 25.8 Å². The van der Waals surface area contributed by atoms with Crippen LogP contribution < -0.4 is 10.1 Å². The third-order valence-corrected chi connectivity index (χ3v) is 6.25. The van der Waals surface area contributed by atoms with Crippen molar-refractivity contribution < 1.29 is 14.3 Å². The van der Waals surface area contributed by atoms with Crippen LogP contribution >= 0.6 is 11.8 Å². The number of para-hydroxylation sites is 3. The molecular weight excluding hydrogens is 400 g/mol. The summed E-state index contributed by atoms with van der Waals surface area (Å²) in [7, 11) is 1.56. The van der Waals surface area contributed by atoms with E-state index in [2.05, 4.69) is 15.3 Å². The molecule has 0 saturated carbocycles. The molecule has 8 heteroatoms. The summed E-state index contributed by atoms with van der Waals surface area (Å²) in [5, 5.41) is 2.96. The van der Waals surface area contributed by atoms with Crippen molar-refractivity contribution in [3.63, 3.8) is 0 Å². The SMILES string of the molecule is CCC(SC1=Nc2ccccc2C2=NC(C)C(=O)N12)C(=O)Nc1ccccc1OC. The topological polar surface area (TPSA) is 83.4 Å². The van der Waals surface area contributed by atoms with Gasteiger partial charge in [0.05, 0.1) is 23.7 Å². The first kappa shape index (κ1) is 20.2. The number of carbonyl (C=O) groups excluding carboxylic acids is 2. The minimum atomic E-state index is -0.473. The van der Waals surface area contributed by atoms with Crippen molar-refractivity contribution in [2.75, 3.05) is 12.4 Å². The Labute approximate surface area is 179 Å². The fourth-order valence-corrected chi connectivity index (χ4v) is 4.39. The maximum absolute atomic E-state index is 13.0. The molecule has 7 nitrogen and oxygen atoms in total. The van der Waals surface area contributed by atoms with Crippen molar-refractivity contribution in [3.8, 4) is 5.75 Å². The zero-order valence-corrected chi connectivity index (χ0v) is 17.8. The molecule has 0 fully saturated rings. The molecule has 2 aliphatic heterocycles. The number of hydrogen-bond acceptors (Lipinski definition) is 6. The minimum absolute atomic E-state index is 0.134. The number of carbonyl (C=O) groups is 2. The van der Waals surface area contributed by atoms with Crippen LogP contribution in [-0.2, 0) is 9.59 Å². The number of ether oxygens (including phenoxy) is 1. The summed E-state index contributed by atoms with van der Waals surface area (Å²) in [4.78, 5) is 36.5. The molecule has 4 rings (SSSR count). The Bertz CT molecular complexity index is 1070. The summed E-state index contributed by atoms with van der Waals surface area (Å²) in [5.74, 6) is 0.880. The van der Waals surface area contributed by atoms with Gasteiger partial charge in [0.25, 0.3) is 5.91 Å². The first-order valence-electron chi connectivity index (χ1n) is 9.74. The number of benzene rings is 2. The number of rotatable bonds is 5. The highest BCUT2D eigenvalue weighted by Gasteiger charge is 2.40. The van der Waals surface area contributed by atoms with E-state index < -0.39 is 11.3 Å². The van der Waals surface area contributed by atoms with Gasteiger partial charge in [-0.15, -0.1) is 0 Å². The Morgan fingerprint density at radius 2 is 1.97 bits per heavy atom. The summed E-state index contributed by atoms with van der Waals surface area (Å²) >= 11 is 1.27. The van der Waals surface area contributed by atoms with Gasteiger partial charge in [-0.25, -0.2) is 9.89 Å². The van der Waals surface area contributed by atoms with Crippen LogP contribution in [-0.4, -0.2) is 46.1 Å². The molecule has 2 amide bonds. The van der Waals surface area contributed by atoms with E-state index in [0.717, 1.165) is 11.3 Å². The third kappa shape index (κ3) is 3.59. The fraction of sp³-hybridized carbons (Fsp3) is 0.273. The van der Waals surface area contributed by atoms with Gasteiger partial charge in [-0.05, 0) is 37.6 Å². The van der Waals surface area contributed by atoms with Gasteiger partial charge in [0.2, 0.25) is 5.91 Å². The highest BCUT2D eigenvalue weighted by molar-refractivity contribution is 8.15. The van der Waals surface area contributed by atoms with Gasteiger partial charge >= 0.3 is 0 Å². The second-order valence-corrected chi connectivity index (χ2v) is 8.09. The van der Waals surface area contributed by atoms with Crippen molar-refractivity contribution in [3.05, 3.63) is 54.1 Å². The van der Waals surface area contributed by atoms with Gasteiger partial charge in [0.15, 0.2) is 5.17 Å². The number of amides is 2. The smallest absolute Gasteiger partial charge is 0.258 e. The maximum Gasteiger partial charge on any atom is 0.258 e. The zero-order valence-electron chi connectivity index (χ0n) is 17.0. The second-order valence-electron chi connectivity index (χ2n) is 6.92. The molecule has 2 heterocycles. The van der Waals surface area contributed by atoms with Crippen LogP contribution in [0.25, 0.3) is 0 Å². The molecule has 0 bridgehead atoms. The monoisotopic (exact) mass is 422 g/mol. The average Bonchev–Trinajstić information content (AvgIpc) is 3.07. The first-order valence-corrected chi connectivity index (χ1v) is 10.6. The number of amidine groups is 2. The van der Waals surface area contributed by atoms with E-state index in [-0.39, 0.29) is 11.8 Å². The normalized spacial score (nSPS) is 18.2. The van der Waals surface area contributed by atoms with Crippen molar-refractivity contribution >= 4 is 46.0 Å². The maximum atomic E-state index is 13.0. The van der Waals surface area contributed by atoms with Crippen LogP contribution in [0.4, 0.5) is 11.4 Å². The number of nitrogens with one attached hydrogen (secondary N) is 1. The third-order valence-electron chi connectivity index (χ3n) is 4.93. The predicted molar refractivity (Wildman–Crippen MR) is 120 cm³/mol. The van der Waals surface area contributed by atoms with Crippen molar-refractivity contribution in [2.24, 2.45) is 9.98 Å². The molecule has 2 atom stereocenters. The molecule has 0 saturated heterocycles. The quantitative estimate of drug-likeness (QED) is 0.794. The van der Waals surface area contributed by atoms with Crippen molar-refractivity contribution in [2.45, 2.75) is 31.6 Å². The zero-order chi connectivity index (χ0) is 21.3. The minimum Gasteiger partial charge on any atom is -0.495 e. The Balaban J connectivity index is 1.61. The molecule has 0 aliphatic carbocycles. The van der Waals surface area contributed by atoms with E-state index in [1.807, 2.05) is 43.3 Å². The lowest BCUT2D eigenvalue weighted by molar-refractivity contribution is -0.124. The molecule has 30 heavy (non-hydrogen) atoms. The molecular formula is C22H22N4O3S. The number of anilines is 1. The summed E-state index contributed by atoms with van der Waals surface area (Å²) in [6.07, 6.45) is 0.566. The second kappa shape index (κ2) is 8.31. The molecule has 2 aliphatic rings. The number of hydrogen-bond donors (Lipinski definition) is 1. The van der Waals surface area contributed by atoms with E-state index >= 15 is 0 Å². The van der Waals surface area contributed by atoms with Crippen molar-refractivity contribution in [1.82, 2.24) is 4.90 Å². The van der Waals surface area contributed by atoms with Crippen LogP contribution in [0.5, 0.6) is 5.75 Å². The Morgan fingerprint density at radius 1 is 1.23 bits per heavy atom. The molecule has 0 aromatic heterocycles. The molecule has 0 radical (unpaired) electrons. The lowest BCUT2D eigenvalue weighted by Gasteiger charge is -2.27.